The standard InChI is InChI=1S/C18H25ClFN3/c1-11-21-9-13-10-22-18(14-4-2-3-5-16(14)20)15-8-12(19)6-7-17(15)23(11)13/h9,12,14-17H,2-8,10H2,1H3. The molecule has 0 N–H and O–H groups in total. The highest BCUT2D eigenvalue weighted by molar-refractivity contribution is 6.20. The molecule has 23 heavy (non-hydrogen) atoms. The Morgan fingerprint density at radius 2 is 2.00 bits per heavy atom. The molecule has 2 saturated carbocycles. The van der Waals surface area contributed by atoms with E-state index >= 15 is 0 Å². The number of rotatable bonds is 1. The Morgan fingerprint density at radius 3 is 2.83 bits per heavy atom. The van der Waals surface area contributed by atoms with E-state index in [2.05, 4.69) is 16.5 Å². The molecular formula is C18H25ClFN3. The number of alkyl halides is 2. The Hall–Kier alpha value is -0.900. The summed E-state index contributed by atoms with van der Waals surface area (Å²) in [4.78, 5) is 9.42. The molecule has 126 valence electrons. The Labute approximate surface area is 142 Å². The van der Waals surface area contributed by atoms with Crippen molar-refractivity contribution in [3.05, 3.63) is 17.7 Å². The number of halogens is 2. The van der Waals surface area contributed by atoms with Crippen LogP contribution in [0.1, 0.15) is 62.5 Å². The predicted octanol–water partition coefficient (Wildman–Crippen LogP) is 4.62. The molecule has 5 unspecified atom stereocenters. The van der Waals surface area contributed by atoms with Crippen molar-refractivity contribution in [1.29, 1.82) is 0 Å². The number of aliphatic imine (C=N–C) groups is 1. The van der Waals surface area contributed by atoms with Crippen molar-refractivity contribution in [2.75, 3.05) is 0 Å². The third-order valence-electron chi connectivity index (χ3n) is 6.00. The van der Waals surface area contributed by atoms with Gasteiger partial charge in [0.1, 0.15) is 12.0 Å². The van der Waals surface area contributed by atoms with Gasteiger partial charge in [0.15, 0.2) is 0 Å². The van der Waals surface area contributed by atoms with E-state index in [4.69, 9.17) is 16.6 Å². The van der Waals surface area contributed by atoms with Gasteiger partial charge < -0.3 is 4.57 Å². The van der Waals surface area contributed by atoms with E-state index in [1.54, 1.807) is 0 Å². The third-order valence-corrected chi connectivity index (χ3v) is 6.40. The highest BCUT2D eigenvalue weighted by Crippen LogP contribution is 2.44. The minimum absolute atomic E-state index is 0.0103. The highest BCUT2D eigenvalue weighted by atomic mass is 35.5. The van der Waals surface area contributed by atoms with Crippen LogP contribution >= 0.6 is 11.6 Å². The molecule has 0 amide bonds. The lowest BCUT2D eigenvalue weighted by atomic mass is 9.73. The fourth-order valence-corrected chi connectivity index (χ4v) is 5.22. The molecule has 1 aromatic heterocycles. The van der Waals surface area contributed by atoms with Crippen molar-refractivity contribution >= 4 is 17.3 Å². The summed E-state index contributed by atoms with van der Waals surface area (Å²) in [6, 6.07) is 0.359. The number of hydrogen-bond donors (Lipinski definition) is 0. The van der Waals surface area contributed by atoms with E-state index in [9.17, 15) is 4.39 Å². The quantitative estimate of drug-likeness (QED) is 0.687. The molecule has 1 aliphatic heterocycles. The largest absolute Gasteiger partial charge is 0.327 e. The lowest BCUT2D eigenvalue weighted by Crippen LogP contribution is -2.40. The van der Waals surface area contributed by atoms with E-state index in [-0.39, 0.29) is 17.2 Å². The average molecular weight is 338 g/mol. The first-order valence-corrected chi connectivity index (χ1v) is 9.44. The Bertz CT molecular complexity index is 611. The summed E-state index contributed by atoms with van der Waals surface area (Å²) < 4.78 is 17.0. The second-order valence-electron chi connectivity index (χ2n) is 7.40. The van der Waals surface area contributed by atoms with Crippen LogP contribution < -0.4 is 0 Å². The molecule has 5 atom stereocenters. The molecule has 0 saturated heterocycles. The molecule has 2 aliphatic carbocycles. The first-order valence-electron chi connectivity index (χ1n) is 9.00. The van der Waals surface area contributed by atoms with Gasteiger partial charge in [-0.25, -0.2) is 9.37 Å². The molecule has 0 radical (unpaired) electrons. The van der Waals surface area contributed by atoms with Gasteiger partial charge in [0, 0.05) is 29.0 Å². The summed E-state index contributed by atoms with van der Waals surface area (Å²) in [6.07, 6.45) is 7.99. The minimum atomic E-state index is -0.726. The van der Waals surface area contributed by atoms with Gasteiger partial charge in [-0.1, -0.05) is 12.8 Å². The zero-order chi connectivity index (χ0) is 16.0. The minimum Gasteiger partial charge on any atom is -0.327 e. The summed E-state index contributed by atoms with van der Waals surface area (Å²) in [7, 11) is 0. The van der Waals surface area contributed by atoms with Crippen LogP contribution in [0.4, 0.5) is 4.39 Å². The molecule has 0 aromatic carbocycles. The van der Waals surface area contributed by atoms with Crippen molar-refractivity contribution in [3.63, 3.8) is 0 Å². The van der Waals surface area contributed by atoms with E-state index in [1.165, 1.54) is 5.69 Å². The monoisotopic (exact) mass is 337 g/mol. The van der Waals surface area contributed by atoms with Crippen molar-refractivity contribution in [2.24, 2.45) is 16.8 Å². The number of nitrogens with zero attached hydrogens (tertiary/aromatic N) is 3. The topological polar surface area (TPSA) is 30.2 Å². The van der Waals surface area contributed by atoms with Crippen LogP contribution in [0.25, 0.3) is 0 Å². The summed E-state index contributed by atoms with van der Waals surface area (Å²) in [6.45, 7) is 2.70. The van der Waals surface area contributed by atoms with Gasteiger partial charge in [-0.2, -0.15) is 0 Å². The van der Waals surface area contributed by atoms with Gasteiger partial charge in [-0.3, -0.25) is 4.99 Å². The molecule has 4 rings (SSSR count). The van der Waals surface area contributed by atoms with Crippen LogP contribution in [0.3, 0.4) is 0 Å². The average Bonchev–Trinajstić information content (AvgIpc) is 2.82. The van der Waals surface area contributed by atoms with Crippen LogP contribution in [0.5, 0.6) is 0 Å². The van der Waals surface area contributed by atoms with Crippen LogP contribution in [-0.4, -0.2) is 26.8 Å². The van der Waals surface area contributed by atoms with Crippen molar-refractivity contribution in [1.82, 2.24) is 9.55 Å². The molecular weight excluding hydrogens is 313 g/mol. The van der Waals surface area contributed by atoms with Crippen LogP contribution in [-0.2, 0) is 6.54 Å². The maximum absolute atomic E-state index is 14.6. The van der Waals surface area contributed by atoms with Crippen LogP contribution in [0, 0.1) is 18.8 Å². The highest BCUT2D eigenvalue weighted by Gasteiger charge is 2.42. The molecule has 2 fully saturated rings. The van der Waals surface area contributed by atoms with Crippen LogP contribution in [0.2, 0.25) is 0 Å². The van der Waals surface area contributed by atoms with Crippen molar-refractivity contribution in [3.8, 4) is 0 Å². The van der Waals surface area contributed by atoms with Gasteiger partial charge in [-0.05, 0) is 39.0 Å². The summed E-state index contributed by atoms with van der Waals surface area (Å²) in [5.41, 5.74) is 2.29. The molecule has 1 aromatic rings. The smallest absolute Gasteiger partial charge is 0.108 e. The molecule has 5 heteroatoms. The van der Waals surface area contributed by atoms with Crippen molar-refractivity contribution < 1.29 is 4.39 Å². The fraction of sp³-hybridized carbons (Fsp3) is 0.778. The number of aromatic nitrogens is 2. The van der Waals surface area contributed by atoms with E-state index in [0.717, 1.165) is 50.1 Å². The first-order chi connectivity index (χ1) is 11.1. The number of imidazole rings is 1. The van der Waals surface area contributed by atoms with Crippen molar-refractivity contribution in [2.45, 2.75) is 76.0 Å². The lowest BCUT2D eigenvalue weighted by Gasteiger charge is -2.39. The molecule has 2 heterocycles. The van der Waals surface area contributed by atoms with E-state index < -0.39 is 6.17 Å². The van der Waals surface area contributed by atoms with E-state index in [0.29, 0.717) is 19.0 Å². The molecule has 0 spiro atoms. The Balaban J connectivity index is 1.73. The SMILES string of the molecule is Cc1ncc2n1C1CCC(Cl)CC1C(C1CCCCC1F)=NC2. The predicted molar refractivity (Wildman–Crippen MR) is 91.0 cm³/mol. The lowest BCUT2D eigenvalue weighted by molar-refractivity contribution is 0.198. The maximum atomic E-state index is 14.6. The fourth-order valence-electron chi connectivity index (χ4n) is 4.90. The Morgan fingerprint density at radius 1 is 1.17 bits per heavy atom. The van der Waals surface area contributed by atoms with Crippen LogP contribution in [0.15, 0.2) is 11.2 Å². The summed E-state index contributed by atoms with van der Waals surface area (Å²) in [5, 5.41) is 0.188. The normalized spacial score (nSPS) is 37.5. The molecule has 3 aliphatic rings. The first kappa shape index (κ1) is 15.6. The van der Waals surface area contributed by atoms with E-state index in [1.807, 2.05) is 6.20 Å². The number of aryl methyl sites for hydroxylation is 1. The zero-order valence-electron chi connectivity index (χ0n) is 13.7. The number of hydrogen-bond acceptors (Lipinski definition) is 2. The third kappa shape index (κ3) is 2.73. The maximum Gasteiger partial charge on any atom is 0.108 e. The summed E-state index contributed by atoms with van der Waals surface area (Å²) >= 11 is 6.50. The van der Waals surface area contributed by atoms with Gasteiger partial charge >= 0.3 is 0 Å². The molecule has 0 bridgehead atoms. The van der Waals surface area contributed by atoms with Gasteiger partial charge in [0.25, 0.3) is 0 Å². The number of fused-ring (bicyclic) bond motifs is 3. The Kier molecular flexibility index (Phi) is 4.21. The summed E-state index contributed by atoms with van der Waals surface area (Å²) in [5.74, 6) is 1.35. The second kappa shape index (κ2) is 6.19. The zero-order valence-corrected chi connectivity index (χ0v) is 14.5. The van der Waals surface area contributed by atoms with Gasteiger partial charge in [0.05, 0.1) is 18.4 Å². The second-order valence-corrected chi connectivity index (χ2v) is 8.02. The molecule has 3 nitrogen and oxygen atoms in total. The van der Waals surface area contributed by atoms with Gasteiger partial charge in [0.2, 0.25) is 0 Å². The van der Waals surface area contributed by atoms with Gasteiger partial charge in [-0.15, -0.1) is 11.6 Å².